The fraction of sp³-hybridized carbons (Fsp3) is 0.467. The lowest BCUT2D eigenvalue weighted by molar-refractivity contribution is 0.110. The van der Waals surface area contributed by atoms with Gasteiger partial charge in [-0.2, -0.15) is 0 Å². The zero-order valence-corrected chi connectivity index (χ0v) is 10.5. The largest absolute Gasteiger partial charge is 0.378 e. The third-order valence-corrected chi connectivity index (χ3v) is 3.25. The topological polar surface area (TPSA) is 23.5 Å². The highest BCUT2D eigenvalue weighted by molar-refractivity contribution is 5.49. The van der Waals surface area contributed by atoms with Crippen LogP contribution in [0.1, 0.15) is 31.2 Å². The molecule has 1 aliphatic carbocycles. The Hall–Kier alpha value is -1.46. The lowest BCUT2D eigenvalue weighted by Crippen LogP contribution is -2.20. The van der Waals surface area contributed by atoms with Crippen molar-refractivity contribution < 1.29 is 5.11 Å². The molecule has 0 unspecified atom stereocenters. The van der Waals surface area contributed by atoms with E-state index in [0.29, 0.717) is 0 Å². The number of rotatable bonds is 1. The van der Waals surface area contributed by atoms with Crippen LogP contribution in [0.25, 0.3) is 0 Å². The molecule has 0 amide bonds. The fourth-order valence-electron chi connectivity index (χ4n) is 2.12. The summed E-state index contributed by atoms with van der Waals surface area (Å²) in [6.07, 6.45) is 3.81. The molecule has 0 spiro atoms. The highest BCUT2D eigenvalue weighted by atomic mass is 16.3. The Bertz CT molecular complexity index is 430. The summed E-state index contributed by atoms with van der Waals surface area (Å²) in [5, 5.41) is 10.1. The zero-order chi connectivity index (χ0) is 12.3. The smallest absolute Gasteiger partial charge is 0.125 e. The van der Waals surface area contributed by atoms with E-state index in [4.69, 9.17) is 0 Å². The van der Waals surface area contributed by atoms with Crippen LogP contribution in [0, 0.1) is 11.8 Å². The third kappa shape index (κ3) is 3.01. The van der Waals surface area contributed by atoms with Gasteiger partial charge in [0.25, 0.3) is 0 Å². The Balaban J connectivity index is 2.11. The predicted octanol–water partition coefficient (Wildman–Crippen LogP) is 2.41. The van der Waals surface area contributed by atoms with Gasteiger partial charge >= 0.3 is 0 Å². The second-order valence-corrected chi connectivity index (χ2v) is 4.93. The summed E-state index contributed by atoms with van der Waals surface area (Å²) in [5.74, 6) is 6.09. The number of nitrogens with zero attached hydrogens (tertiary/aromatic N) is 1. The van der Waals surface area contributed by atoms with Gasteiger partial charge in [0.2, 0.25) is 0 Å². The molecule has 1 N–H and O–H groups in total. The van der Waals surface area contributed by atoms with Gasteiger partial charge in [-0.25, -0.2) is 0 Å². The highest BCUT2D eigenvalue weighted by Crippen LogP contribution is 2.28. The van der Waals surface area contributed by atoms with Gasteiger partial charge in [0.1, 0.15) is 5.60 Å². The summed E-state index contributed by atoms with van der Waals surface area (Å²) in [5.41, 5.74) is 1.39. The van der Waals surface area contributed by atoms with E-state index in [0.717, 1.165) is 36.9 Å². The van der Waals surface area contributed by atoms with Crippen molar-refractivity contribution in [3.05, 3.63) is 29.8 Å². The third-order valence-electron chi connectivity index (χ3n) is 3.25. The molecule has 0 radical (unpaired) electrons. The standard InChI is InChI=1S/C15H19NO/c1-16(2)14-7-5-13(6-8-14)9-12-15(17)10-3-4-11-15/h5-8,17H,3-4,10-11H2,1-2H3. The second-order valence-electron chi connectivity index (χ2n) is 4.93. The van der Waals surface area contributed by atoms with Crippen molar-refractivity contribution >= 4 is 5.69 Å². The minimum Gasteiger partial charge on any atom is -0.378 e. The minimum absolute atomic E-state index is 0.736. The number of benzene rings is 1. The lowest BCUT2D eigenvalue weighted by atomic mass is 10.0. The highest BCUT2D eigenvalue weighted by Gasteiger charge is 2.28. The van der Waals surface area contributed by atoms with Crippen molar-refractivity contribution in [1.82, 2.24) is 0 Å². The number of hydrogen-bond donors (Lipinski definition) is 1. The Morgan fingerprint density at radius 1 is 1.12 bits per heavy atom. The molecule has 1 fully saturated rings. The summed E-state index contributed by atoms with van der Waals surface area (Å²) >= 11 is 0. The maximum Gasteiger partial charge on any atom is 0.125 e. The molecule has 17 heavy (non-hydrogen) atoms. The van der Waals surface area contributed by atoms with Gasteiger partial charge < -0.3 is 10.0 Å². The summed E-state index contributed by atoms with van der Waals surface area (Å²) in [4.78, 5) is 2.06. The van der Waals surface area contributed by atoms with Gasteiger partial charge in [0, 0.05) is 25.3 Å². The lowest BCUT2D eigenvalue weighted by Gasteiger charge is -2.13. The molecule has 0 heterocycles. The first kappa shape index (κ1) is 12.0. The van der Waals surface area contributed by atoms with Crippen LogP contribution in [0.4, 0.5) is 5.69 Å². The van der Waals surface area contributed by atoms with Crippen LogP contribution in [0.5, 0.6) is 0 Å². The van der Waals surface area contributed by atoms with Gasteiger partial charge in [-0.1, -0.05) is 11.8 Å². The molecule has 0 bridgehead atoms. The molecule has 90 valence electrons. The monoisotopic (exact) mass is 229 g/mol. The molecular weight excluding hydrogens is 210 g/mol. The van der Waals surface area contributed by atoms with Crippen molar-refractivity contribution in [2.24, 2.45) is 0 Å². The Labute approximate surface area is 103 Å². The van der Waals surface area contributed by atoms with E-state index in [2.05, 4.69) is 16.7 Å². The van der Waals surface area contributed by atoms with E-state index in [-0.39, 0.29) is 0 Å². The Morgan fingerprint density at radius 2 is 1.71 bits per heavy atom. The second kappa shape index (κ2) is 4.81. The van der Waals surface area contributed by atoms with Crippen LogP contribution in [0.15, 0.2) is 24.3 Å². The number of anilines is 1. The first-order valence-electron chi connectivity index (χ1n) is 6.12. The van der Waals surface area contributed by atoms with E-state index < -0.39 is 5.60 Å². The normalized spacial score (nSPS) is 17.4. The van der Waals surface area contributed by atoms with E-state index >= 15 is 0 Å². The van der Waals surface area contributed by atoms with E-state index in [1.54, 1.807) is 0 Å². The Kier molecular flexibility index (Phi) is 3.40. The van der Waals surface area contributed by atoms with Crippen molar-refractivity contribution in [1.29, 1.82) is 0 Å². The van der Waals surface area contributed by atoms with Crippen LogP contribution in [0.3, 0.4) is 0 Å². The zero-order valence-electron chi connectivity index (χ0n) is 10.5. The molecule has 2 heteroatoms. The quantitative estimate of drug-likeness (QED) is 0.748. The summed E-state index contributed by atoms with van der Waals surface area (Å²) < 4.78 is 0. The predicted molar refractivity (Wildman–Crippen MR) is 71.1 cm³/mol. The van der Waals surface area contributed by atoms with Crippen molar-refractivity contribution in [3.63, 3.8) is 0 Å². The van der Waals surface area contributed by atoms with Crippen LogP contribution >= 0.6 is 0 Å². The van der Waals surface area contributed by atoms with Crippen LogP contribution in [-0.4, -0.2) is 24.8 Å². The van der Waals surface area contributed by atoms with E-state index in [1.165, 1.54) is 0 Å². The summed E-state index contributed by atoms with van der Waals surface area (Å²) in [6, 6.07) is 8.09. The van der Waals surface area contributed by atoms with E-state index in [9.17, 15) is 5.11 Å². The maximum absolute atomic E-state index is 10.1. The molecule has 0 aromatic heterocycles. The van der Waals surface area contributed by atoms with Crippen LogP contribution in [0.2, 0.25) is 0 Å². The van der Waals surface area contributed by atoms with Crippen molar-refractivity contribution in [3.8, 4) is 11.8 Å². The molecule has 1 saturated carbocycles. The van der Waals surface area contributed by atoms with Crippen LogP contribution in [-0.2, 0) is 0 Å². The van der Waals surface area contributed by atoms with E-state index in [1.807, 2.05) is 38.4 Å². The van der Waals surface area contributed by atoms with Crippen molar-refractivity contribution in [2.75, 3.05) is 19.0 Å². The first-order valence-corrected chi connectivity index (χ1v) is 6.12. The molecular formula is C15H19NO. The summed E-state index contributed by atoms with van der Waals surface area (Å²) in [6.45, 7) is 0. The average Bonchev–Trinajstić information content (AvgIpc) is 2.75. The minimum atomic E-state index is -0.736. The molecule has 0 atom stereocenters. The molecule has 2 nitrogen and oxygen atoms in total. The number of aliphatic hydroxyl groups is 1. The van der Waals surface area contributed by atoms with Crippen LogP contribution < -0.4 is 4.90 Å². The molecule has 0 aliphatic heterocycles. The summed E-state index contributed by atoms with van der Waals surface area (Å²) in [7, 11) is 4.03. The fourth-order valence-corrected chi connectivity index (χ4v) is 2.12. The van der Waals surface area contributed by atoms with Crippen molar-refractivity contribution in [2.45, 2.75) is 31.3 Å². The van der Waals surface area contributed by atoms with Gasteiger partial charge in [-0.05, 0) is 49.9 Å². The first-order chi connectivity index (χ1) is 8.09. The van der Waals surface area contributed by atoms with Gasteiger partial charge in [-0.15, -0.1) is 0 Å². The number of hydrogen-bond acceptors (Lipinski definition) is 2. The SMILES string of the molecule is CN(C)c1ccc(C#CC2(O)CCCC2)cc1. The molecule has 2 rings (SSSR count). The molecule has 1 aromatic carbocycles. The molecule has 1 aliphatic rings. The molecule has 0 saturated heterocycles. The Morgan fingerprint density at radius 3 is 2.24 bits per heavy atom. The van der Waals surface area contributed by atoms with Gasteiger partial charge in [-0.3, -0.25) is 0 Å². The van der Waals surface area contributed by atoms with Gasteiger partial charge in [0.15, 0.2) is 0 Å². The van der Waals surface area contributed by atoms with Gasteiger partial charge in [0.05, 0.1) is 0 Å². The molecule has 1 aromatic rings. The average molecular weight is 229 g/mol. The maximum atomic E-state index is 10.1.